The van der Waals surface area contributed by atoms with Crippen molar-refractivity contribution in [3.05, 3.63) is 33.8 Å². The number of hydrogen-bond acceptors (Lipinski definition) is 2. The van der Waals surface area contributed by atoms with Crippen LogP contribution in [-0.4, -0.2) is 5.78 Å². The average Bonchev–Trinajstić information content (AvgIpc) is 2.16. The fourth-order valence-corrected chi connectivity index (χ4v) is 1.39. The summed E-state index contributed by atoms with van der Waals surface area (Å²) in [7, 11) is 0. The van der Waals surface area contributed by atoms with Crippen LogP contribution in [0.3, 0.4) is 0 Å². The molecule has 0 saturated carbocycles. The van der Waals surface area contributed by atoms with Gasteiger partial charge in [-0.3, -0.25) is 4.79 Å². The molecule has 0 fully saturated rings. The summed E-state index contributed by atoms with van der Waals surface area (Å²) in [6, 6.07) is 3.78. The molecule has 15 heavy (non-hydrogen) atoms. The molecule has 0 amide bonds. The van der Waals surface area contributed by atoms with Gasteiger partial charge in [-0.15, -0.1) is 0 Å². The Balaban J connectivity index is 3.45. The predicted molar refractivity (Wildman–Crippen MR) is 51.1 cm³/mol. The molecule has 0 atom stereocenters. The molecule has 78 valence electrons. The van der Waals surface area contributed by atoms with E-state index in [1.807, 2.05) is 0 Å². The first-order chi connectivity index (χ1) is 6.97. The van der Waals surface area contributed by atoms with Gasteiger partial charge in [-0.2, -0.15) is 5.26 Å². The van der Waals surface area contributed by atoms with Crippen LogP contribution in [0, 0.1) is 11.3 Å². The minimum absolute atomic E-state index is 0.0110. The van der Waals surface area contributed by atoms with Crippen molar-refractivity contribution in [2.24, 2.45) is 0 Å². The summed E-state index contributed by atoms with van der Waals surface area (Å²) in [6.07, 6.45) is -2.76. The first kappa shape index (κ1) is 11.6. The van der Waals surface area contributed by atoms with Crippen LogP contribution in [-0.2, 0) is 0 Å². The molecular formula is C10H6ClF2NO. The van der Waals surface area contributed by atoms with Gasteiger partial charge >= 0.3 is 0 Å². The van der Waals surface area contributed by atoms with E-state index in [0.29, 0.717) is 0 Å². The van der Waals surface area contributed by atoms with Crippen molar-refractivity contribution in [1.82, 2.24) is 0 Å². The fourth-order valence-electron chi connectivity index (χ4n) is 1.14. The van der Waals surface area contributed by atoms with Crippen LogP contribution >= 0.6 is 11.6 Å². The number of rotatable bonds is 2. The summed E-state index contributed by atoms with van der Waals surface area (Å²) in [6.45, 7) is 1.21. The van der Waals surface area contributed by atoms with Crippen LogP contribution in [0.15, 0.2) is 12.1 Å². The summed E-state index contributed by atoms with van der Waals surface area (Å²) >= 11 is 5.54. The summed E-state index contributed by atoms with van der Waals surface area (Å²) in [5, 5.41) is 8.47. The Morgan fingerprint density at radius 2 is 2.13 bits per heavy atom. The van der Waals surface area contributed by atoms with Crippen LogP contribution in [0.2, 0.25) is 5.02 Å². The molecular weight excluding hydrogens is 224 g/mol. The molecule has 5 heteroatoms. The summed E-state index contributed by atoms with van der Waals surface area (Å²) in [4.78, 5) is 11.1. The number of nitriles is 1. The van der Waals surface area contributed by atoms with Crippen LogP contribution in [0.25, 0.3) is 0 Å². The van der Waals surface area contributed by atoms with E-state index in [1.165, 1.54) is 6.92 Å². The van der Waals surface area contributed by atoms with Gasteiger partial charge in [-0.1, -0.05) is 11.6 Å². The second-order valence-electron chi connectivity index (χ2n) is 2.89. The maximum atomic E-state index is 12.4. The lowest BCUT2D eigenvalue weighted by atomic mass is 10.0. The second-order valence-corrected chi connectivity index (χ2v) is 3.30. The smallest absolute Gasteiger partial charge is 0.265 e. The molecule has 1 rings (SSSR count). The van der Waals surface area contributed by atoms with E-state index in [-0.39, 0.29) is 16.1 Å². The minimum atomic E-state index is -2.76. The molecule has 0 aromatic heterocycles. The summed E-state index contributed by atoms with van der Waals surface area (Å²) in [5.74, 6) is -0.440. The van der Waals surface area contributed by atoms with E-state index < -0.39 is 17.8 Å². The SMILES string of the molecule is CC(=O)c1cc(C(F)F)c(Cl)cc1C#N. The lowest BCUT2D eigenvalue weighted by Crippen LogP contribution is -2.00. The Kier molecular flexibility index (Phi) is 3.38. The molecule has 0 spiro atoms. The van der Waals surface area contributed by atoms with Gasteiger partial charge < -0.3 is 0 Å². The van der Waals surface area contributed by atoms with Gasteiger partial charge in [-0.25, -0.2) is 8.78 Å². The Labute approximate surface area is 90.1 Å². The lowest BCUT2D eigenvalue weighted by Gasteiger charge is -2.06. The standard InChI is InChI=1S/C10H6ClF2NO/c1-5(15)7-3-8(10(12)13)9(11)2-6(7)4-14/h2-3,10H,1H3. The van der Waals surface area contributed by atoms with E-state index in [4.69, 9.17) is 16.9 Å². The van der Waals surface area contributed by atoms with Gasteiger partial charge in [0.2, 0.25) is 0 Å². The van der Waals surface area contributed by atoms with Gasteiger partial charge in [-0.05, 0) is 19.1 Å². The molecule has 1 aromatic carbocycles. The number of carbonyl (C=O) groups excluding carboxylic acids is 1. The molecule has 0 bridgehead atoms. The zero-order valence-corrected chi connectivity index (χ0v) is 8.48. The molecule has 0 aliphatic heterocycles. The van der Waals surface area contributed by atoms with E-state index in [9.17, 15) is 13.6 Å². The first-order valence-electron chi connectivity index (χ1n) is 4.00. The van der Waals surface area contributed by atoms with Crippen LogP contribution < -0.4 is 0 Å². The predicted octanol–water partition coefficient (Wildman–Crippen LogP) is 3.35. The van der Waals surface area contributed by atoms with Gasteiger partial charge in [0, 0.05) is 11.1 Å². The number of hydrogen-bond donors (Lipinski definition) is 0. The number of ketones is 1. The largest absolute Gasteiger partial charge is 0.294 e. The molecule has 2 nitrogen and oxygen atoms in total. The summed E-state index contributed by atoms with van der Waals surface area (Å²) in [5.41, 5.74) is -0.449. The van der Waals surface area contributed by atoms with Crippen molar-refractivity contribution in [2.45, 2.75) is 13.3 Å². The molecule has 0 heterocycles. The molecule has 0 aliphatic rings. The number of carbonyl (C=O) groups is 1. The second kappa shape index (κ2) is 4.37. The van der Waals surface area contributed by atoms with Crippen LogP contribution in [0.4, 0.5) is 8.78 Å². The normalized spacial score (nSPS) is 10.1. The zero-order chi connectivity index (χ0) is 11.6. The Hall–Kier alpha value is -1.47. The number of halogens is 3. The molecule has 0 N–H and O–H groups in total. The third-order valence-corrected chi connectivity index (χ3v) is 2.20. The Bertz CT molecular complexity index is 451. The highest BCUT2D eigenvalue weighted by atomic mass is 35.5. The third kappa shape index (κ3) is 2.31. The van der Waals surface area contributed by atoms with Gasteiger partial charge in [0.1, 0.15) is 0 Å². The molecule has 0 radical (unpaired) electrons. The lowest BCUT2D eigenvalue weighted by molar-refractivity contribution is 0.101. The van der Waals surface area contributed by atoms with E-state index in [1.54, 1.807) is 6.07 Å². The maximum Gasteiger partial charge on any atom is 0.265 e. The van der Waals surface area contributed by atoms with Crippen molar-refractivity contribution in [1.29, 1.82) is 5.26 Å². The zero-order valence-electron chi connectivity index (χ0n) is 7.72. The molecule has 0 aliphatic carbocycles. The third-order valence-electron chi connectivity index (χ3n) is 1.87. The van der Waals surface area contributed by atoms with E-state index >= 15 is 0 Å². The Morgan fingerprint density at radius 1 is 1.53 bits per heavy atom. The molecule has 0 saturated heterocycles. The van der Waals surface area contributed by atoms with Gasteiger partial charge in [0.05, 0.1) is 16.7 Å². The maximum absolute atomic E-state index is 12.4. The molecule has 1 aromatic rings. The van der Waals surface area contributed by atoms with E-state index in [2.05, 4.69) is 0 Å². The van der Waals surface area contributed by atoms with E-state index in [0.717, 1.165) is 12.1 Å². The van der Waals surface area contributed by atoms with Crippen molar-refractivity contribution >= 4 is 17.4 Å². The van der Waals surface area contributed by atoms with Crippen LogP contribution in [0.5, 0.6) is 0 Å². The molecule has 0 unspecified atom stereocenters. The highest BCUT2D eigenvalue weighted by Crippen LogP contribution is 2.29. The number of nitrogens with zero attached hydrogens (tertiary/aromatic N) is 1. The highest BCUT2D eigenvalue weighted by Gasteiger charge is 2.17. The topological polar surface area (TPSA) is 40.9 Å². The van der Waals surface area contributed by atoms with Crippen molar-refractivity contribution in [3.63, 3.8) is 0 Å². The first-order valence-corrected chi connectivity index (χ1v) is 4.37. The van der Waals surface area contributed by atoms with Crippen LogP contribution in [0.1, 0.15) is 34.8 Å². The number of Topliss-reactive ketones (excluding diaryl/α,β-unsaturated/α-hetero) is 1. The minimum Gasteiger partial charge on any atom is -0.294 e. The van der Waals surface area contributed by atoms with Crippen molar-refractivity contribution in [2.75, 3.05) is 0 Å². The highest BCUT2D eigenvalue weighted by molar-refractivity contribution is 6.31. The number of benzene rings is 1. The van der Waals surface area contributed by atoms with Gasteiger partial charge in [0.25, 0.3) is 6.43 Å². The quantitative estimate of drug-likeness (QED) is 0.730. The Morgan fingerprint density at radius 3 is 2.53 bits per heavy atom. The van der Waals surface area contributed by atoms with Crippen molar-refractivity contribution < 1.29 is 13.6 Å². The summed E-state index contributed by atoms with van der Waals surface area (Å²) < 4.78 is 24.9. The van der Waals surface area contributed by atoms with Gasteiger partial charge in [0.15, 0.2) is 5.78 Å². The number of alkyl halides is 2. The average molecular weight is 230 g/mol. The monoisotopic (exact) mass is 229 g/mol. The van der Waals surface area contributed by atoms with Crippen molar-refractivity contribution in [3.8, 4) is 6.07 Å². The fraction of sp³-hybridized carbons (Fsp3) is 0.200.